The van der Waals surface area contributed by atoms with Crippen molar-refractivity contribution in [2.75, 3.05) is 11.9 Å². The molecule has 0 saturated carbocycles. The molecule has 0 fully saturated rings. The van der Waals surface area contributed by atoms with Gasteiger partial charge in [0.05, 0.1) is 24.0 Å². The Labute approximate surface area is 112 Å². The van der Waals surface area contributed by atoms with E-state index in [0.717, 1.165) is 6.42 Å². The second-order valence-electron chi connectivity index (χ2n) is 4.67. The fourth-order valence-electron chi connectivity index (χ4n) is 1.41. The zero-order chi connectivity index (χ0) is 14.3. The summed E-state index contributed by atoms with van der Waals surface area (Å²) in [7, 11) is 0. The largest absolute Gasteiger partial charge is 0.481 e. The fraction of sp³-hybridized carbons (Fsp3) is 0.462. The van der Waals surface area contributed by atoms with Crippen molar-refractivity contribution in [3.63, 3.8) is 0 Å². The third kappa shape index (κ3) is 6.40. The highest BCUT2D eigenvalue weighted by Crippen LogP contribution is 2.06. The molecule has 0 aliphatic carbocycles. The number of pyridine rings is 1. The summed E-state index contributed by atoms with van der Waals surface area (Å²) >= 11 is 0. The molecule has 3 N–H and O–H groups in total. The van der Waals surface area contributed by atoms with Crippen LogP contribution in [0.5, 0.6) is 0 Å². The molecule has 19 heavy (non-hydrogen) atoms. The van der Waals surface area contributed by atoms with E-state index >= 15 is 0 Å². The second-order valence-corrected chi connectivity index (χ2v) is 4.67. The predicted molar refractivity (Wildman–Crippen MR) is 72.1 cm³/mol. The molecule has 0 aliphatic heterocycles. The van der Waals surface area contributed by atoms with Gasteiger partial charge < -0.3 is 15.7 Å². The second kappa shape index (κ2) is 7.35. The number of nitrogens with zero attached hydrogens (tertiary/aromatic N) is 1. The van der Waals surface area contributed by atoms with Crippen LogP contribution in [0.15, 0.2) is 18.3 Å². The van der Waals surface area contributed by atoms with E-state index < -0.39 is 5.97 Å². The van der Waals surface area contributed by atoms with Crippen LogP contribution in [0.2, 0.25) is 0 Å². The van der Waals surface area contributed by atoms with Crippen LogP contribution in [-0.4, -0.2) is 28.6 Å². The Balaban J connectivity index is 2.40. The summed E-state index contributed by atoms with van der Waals surface area (Å²) in [5.41, 5.74) is 0.995. The first-order valence-electron chi connectivity index (χ1n) is 6.19. The summed E-state index contributed by atoms with van der Waals surface area (Å²) in [6.45, 7) is 4.80. The van der Waals surface area contributed by atoms with Crippen molar-refractivity contribution in [2.45, 2.75) is 26.7 Å². The van der Waals surface area contributed by atoms with Gasteiger partial charge in [-0.3, -0.25) is 9.78 Å². The zero-order valence-corrected chi connectivity index (χ0v) is 11.1. The van der Waals surface area contributed by atoms with Crippen LogP contribution in [0, 0.1) is 5.92 Å². The van der Waals surface area contributed by atoms with Crippen molar-refractivity contribution >= 4 is 17.7 Å². The molecule has 1 aromatic rings. The lowest BCUT2D eigenvalue weighted by Crippen LogP contribution is -2.30. The number of amides is 2. The van der Waals surface area contributed by atoms with Gasteiger partial charge in [-0.05, 0) is 24.5 Å². The molecular weight excluding hydrogens is 246 g/mol. The van der Waals surface area contributed by atoms with Crippen molar-refractivity contribution < 1.29 is 14.7 Å². The molecule has 6 nitrogen and oxygen atoms in total. The number of carbonyl (C=O) groups is 2. The van der Waals surface area contributed by atoms with E-state index in [1.165, 1.54) is 6.20 Å². The molecule has 1 aromatic heterocycles. The predicted octanol–water partition coefficient (Wildman–Crippen LogP) is 1.88. The van der Waals surface area contributed by atoms with E-state index in [2.05, 4.69) is 29.5 Å². The van der Waals surface area contributed by atoms with E-state index in [0.29, 0.717) is 23.8 Å². The Bertz CT molecular complexity index is 429. The summed E-state index contributed by atoms with van der Waals surface area (Å²) in [6.07, 6.45) is 2.24. The first kappa shape index (κ1) is 14.9. The van der Waals surface area contributed by atoms with Crippen LogP contribution in [0.1, 0.15) is 26.0 Å². The smallest absolute Gasteiger partial charge is 0.319 e. The number of urea groups is 1. The van der Waals surface area contributed by atoms with Crippen molar-refractivity contribution in [2.24, 2.45) is 5.92 Å². The molecule has 0 bridgehead atoms. The van der Waals surface area contributed by atoms with Crippen LogP contribution in [-0.2, 0) is 11.2 Å². The highest BCUT2D eigenvalue weighted by molar-refractivity contribution is 5.88. The number of carboxylic acids is 1. The van der Waals surface area contributed by atoms with Gasteiger partial charge in [-0.2, -0.15) is 0 Å². The third-order valence-corrected chi connectivity index (χ3v) is 2.42. The molecule has 1 heterocycles. The van der Waals surface area contributed by atoms with Gasteiger partial charge in [-0.1, -0.05) is 13.8 Å². The maximum Gasteiger partial charge on any atom is 0.319 e. The quantitative estimate of drug-likeness (QED) is 0.732. The van der Waals surface area contributed by atoms with E-state index in [1.807, 2.05) is 0 Å². The van der Waals surface area contributed by atoms with E-state index in [1.54, 1.807) is 12.1 Å². The van der Waals surface area contributed by atoms with Crippen molar-refractivity contribution in [1.82, 2.24) is 10.3 Å². The number of nitrogens with one attached hydrogen (secondary N) is 2. The summed E-state index contributed by atoms with van der Waals surface area (Å²) in [5.74, 6) is -0.392. The topological polar surface area (TPSA) is 91.3 Å². The lowest BCUT2D eigenvalue weighted by atomic mass is 10.1. The van der Waals surface area contributed by atoms with Crippen molar-refractivity contribution in [3.05, 3.63) is 24.0 Å². The maximum absolute atomic E-state index is 11.5. The Hall–Kier alpha value is -2.11. The Kier molecular flexibility index (Phi) is 5.78. The van der Waals surface area contributed by atoms with Crippen LogP contribution in [0.4, 0.5) is 10.5 Å². The first-order valence-corrected chi connectivity index (χ1v) is 6.19. The van der Waals surface area contributed by atoms with Crippen molar-refractivity contribution in [3.8, 4) is 0 Å². The van der Waals surface area contributed by atoms with Gasteiger partial charge >= 0.3 is 12.0 Å². The van der Waals surface area contributed by atoms with E-state index in [4.69, 9.17) is 5.11 Å². The summed E-state index contributed by atoms with van der Waals surface area (Å²) in [4.78, 5) is 26.0. The first-order chi connectivity index (χ1) is 8.97. The zero-order valence-electron chi connectivity index (χ0n) is 11.1. The highest BCUT2D eigenvalue weighted by atomic mass is 16.4. The molecular formula is C13H19N3O3. The van der Waals surface area contributed by atoms with Crippen LogP contribution in [0.3, 0.4) is 0 Å². The minimum absolute atomic E-state index is 0.124. The van der Waals surface area contributed by atoms with Crippen molar-refractivity contribution in [1.29, 1.82) is 0 Å². The molecule has 0 aliphatic rings. The van der Waals surface area contributed by atoms with Gasteiger partial charge in [-0.15, -0.1) is 0 Å². The molecule has 0 unspecified atom stereocenters. The van der Waals surface area contributed by atoms with Crippen LogP contribution in [0.25, 0.3) is 0 Å². The average molecular weight is 265 g/mol. The number of carboxylic acid groups (broad SMARTS) is 1. The highest BCUT2D eigenvalue weighted by Gasteiger charge is 2.04. The fourth-order valence-corrected chi connectivity index (χ4v) is 1.41. The van der Waals surface area contributed by atoms with Gasteiger partial charge in [0.2, 0.25) is 0 Å². The van der Waals surface area contributed by atoms with Gasteiger partial charge in [0, 0.05) is 6.54 Å². The number of hydrogen-bond donors (Lipinski definition) is 3. The maximum atomic E-state index is 11.5. The average Bonchev–Trinajstić information content (AvgIpc) is 2.30. The number of anilines is 1. The lowest BCUT2D eigenvalue weighted by molar-refractivity contribution is -0.136. The number of carbonyl (C=O) groups excluding carboxylic acids is 1. The minimum atomic E-state index is -0.931. The van der Waals surface area contributed by atoms with Gasteiger partial charge in [0.15, 0.2) is 0 Å². The number of aromatic nitrogens is 1. The Morgan fingerprint density at radius 2 is 2.11 bits per heavy atom. The van der Waals surface area contributed by atoms with Gasteiger partial charge in [0.25, 0.3) is 0 Å². The minimum Gasteiger partial charge on any atom is -0.481 e. The molecule has 0 spiro atoms. The SMILES string of the molecule is CC(C)CCNC(=O)Nc1ccc(CC(=O)O)nc1. The molecule has 104 valence electrons. The van der Waals surface area contributed by atoms with Crippen LogP contribution >= 0.6 is 0 Å². The normalized spacial score (nSPS) is 10.3. The molecule has 0 atom stereocenters. The van der Waals surface area contributed by atoms with Gasteiger partial charge in [-0.25, -0.2) is 4.79 Å². The lowest BCUT2D eigenvalue weighted by Gasteiger charge is -2.08. The summed E-state index contributed by atoms with van der Waals surface area (Å²) in [6, 6.07) is 2.93. The summed E-state index contributed by atoms with van der Waals surface area (Å²) in [5, 5.41) is 14.0. The molecule has 0 radical (unpaired) electrons. The molecule has 0 saturated heterocycles. The monoisotopic (exact) mass is 265 g/mol. The molecule has 6 heteroatoms. The Morgan fingerprint density at radius 1 is 1.37 bits per heavy atom. The number of rotatable bonds is 6. The number of aliphatic carboxylic acids is 1. The summed E-state index contributed by atoms with van der Waals surface area (Å²) < 4.78 is 0. The molecule has 1 rings (SSSR count). The third-order valence-electron chi connectivity index (χ3n) is 2.42. The van der Waals surface area contributed by atoms with E-state index in [9.17, 15) is 9.59 Å². The van der Waals surface area contributed by atoms with Crippen LogP contribution < -0.4 is 10.6 Å². The number of hydrogen-bond acceptors (Lipinski definition) is 3. The molecule has 0 aromatic carbocycles. The molecule has 2 amide bonds. The Morgan fingerprint density at radius 3 is 2.63 bits per heavy atom. The van der Waals surface area contributed by atoms with E-state index in [-0.39, 0.29) is 12.5 Å². The standard InChI is InChI=1S/C13H19N3O3/c1-9(2)5-6-14-13(19)16-11-4-3-10(15-8-11)7-12(17)18/h3-4,8-9H,5-7H2,1-2H3,(H,17,18)(H2,14,16,19). The van der Waals surface area contributed by atoms with Gasteiger partial charge in [0.1, 0.15) is 0 Å².